The van der Waals surface area contributed by atoms with Crippen LogP contribution in [0, 0.1) is 0 Å². The Kier molecular flexibility index (Phi) is 4.63. The maximum absolute atomic E-state index is 12.8. The highest BCUT2D eigenvalue weighted by Crippen LogP contribution is 2.25. The Labute approximate surface area is 137 Å². The van der Waals surface area contributed by atoms with Crippen LogP contribution >= 0.6 is 0 Å². The molecule has 2 aromatic rings. The van der Waals surface area contributed by atoms with Crippen molar-refractivity contribution >= 4 is 5.91 Å². The first-order valence-corrected chi connectivity index (χ1v) is 7.94. The van der Waals surface area contributed by atoms with Gasteiger partial charge in [0.1, 0.15) is 5.75 Å². The van der Waals surface area contributed by atoms with E-state index in [1.54, 1.807) is 24.3 Å². The van der Waals surface area contributed by atoms with Crippen molar-refractivity contribution in [3.05, 3.63) is 65.7 Å². The van der Waals surface area contributed by atoms with E-state index in [1.807, 2.05) is 23.1 Å². The quantitative estimate of drug-likeness (QED) is 0.947. The molecule has 0 spiro atoms. The molecule has 1 N–H and O–H groups in total. The zero-order valence-corrected chi connectivity index (χ0v) is 13.4. The van der Waals surface area contributed by atoms with Gasteiger partial charge in [0.15, 0.2) is 0 Å². The number of carbonyl (C=O) groups excluding carboxylic acids is 1. The van der Waals surface area contributed by atoms with Crippen molar-refractivity contribution in [1.82, 2.24) is 9.80 Å². The number of rotatable bonds is 3. The molecule has 2 aromatic carbocycles. The van der Waals surface area contributed by atoms with Crippen LogP contribution in [0.4, 0.5) is 0 Å². The topological polar surface area (TPSA) is 43.8 Å². The molecular formula is C19H22N2O2. The van der Waals surface area contributed by atoms with E-state index in [0.717, 1.165) is 25.2 Å². The van der Waals surface area contributed by atoms with E-state index < -0.39 is 0 Å². The Hall–Kier alpha value is -2.33. The van der Waals surface area contributed by atoms with Gasteiger partial charge >= 0.3 is 0 Å². The zero-order valence-electron chi connectivity index (χ0n) is 13.4. The number of phenolic OH excluding ortho intramolecular Hbond substituents is 1. The van der Waals surface area contributed by atoms with Gasteiger partial charge in [-0.15, -0.1) is 0 Å². The second kappa shape index (κ2) is 6.84. The van der Waals surface area contributed by atoms with Gasteiger partial charge in [-0.3, -0.25) is 4.79 Å². The molecule has 1 amide bonds. The summed E-state index contributed by atoms with van der Waals surface area (Å²) in [5.41, 5.74) is 2.11. The number of nitrogens with zero attached hydrogens (tertiary/aromatic N) is 2. The van der Waals surface area contributed by atoms with Gasteiger partial charge in [-0.1, -0.05) is 42.5 Å². The predicted molar refractivity (Wildman–Crippen MR) is 90.2 cm³/mol. The van der Waals surface area contributed by atoms with Crippen LogP contribution in [0.3, 0.4) is 0 Å². The van der Waals surface area contributed by atoms with Gasteiger partial charge < -0.3 is 14.9 Å². The number of carbonyl (C=O) groups is 1. The second-order valence-electron chi connectivity index (χ2n) is 6.12. The minimum Gasteiger partial charge on any atom is -0.508 e. The van der Waals surface area contributed by atoms with Crippen LogP contribution in [0.1, 0.15) is 17.2 Å². The third kappa shape index (κ3) is 3.71. The molecule has 4 heteroatoms. The number of aromatic hydroxyl groups is 1. The first-order valence-electron chi connectivity index (χ1n) is 7.94. The lowest BCUT2D eigenvalue weighted by Gasteiger charge is -2.40. The van der Waals surface area contributed by atoms with Crippen LogP contribution in [0.25, 0.3) is 0 Å². The van der Waals surface area contributed by atoms with Crippen LogP contribution in [-0.4, -0.2) is 47.5 Å². The van der Waals surface area contributed by atoms with Crippen molar-refractivity contribution in [3.63, 3.8) is 0 Å². The molecule has 1 aliphatic rings. The molecule has 120 valence electrons. The summed E-state index contributed by atoms with van der Waals surface area (Å²) >= 11 is 0. The normalized spacial score (nSPS) is 18.8. The summed E-state index contributed by atoms with van der Waals surface area (Å²) in [6, 6.07) is 17.2. The lowest BCUT2D eigenvalue weighted by molar-refractivity contribution is -0.135. The second-order valence-corrected chi connectivity index (χ2v) is 6.12. The van der Waals surface area contributed by atoms with Crippen LogP contribution < -0.4 is 0 Å². The highest BCUT2D eigenvalue weighted by atomic mass is 16.3. The van der Waals surface area contributed by atoms with E-state index in [9.17, 15) is 9.90 Å². The van der Waals surface area contributed by atoms with Gasteiger partial charge in [-0.25, -0.2) is 0 Å². The monoisotopic (exact) mass is 310 g/mol. The molecule has 0 radical (unpaired) electrons. The fourth-order valence-corrected chi connectivity index (χ4v) is 3.07. The van der Waals surface area contributed by atoms with Gasteiger partial charge in [-0.05, 0) is 30.3 Å². The molecule has 0 saturated carbocycles. The minimum atomic E-state index is 0.0968. The first-order chi connectivity index (χ1) is 11.1. The van der Waals surface area contributed by atoms with Crippen molar-refractivity contribution in [3.8, 4) is 5.75 Å². The SMILES string of the molecule is CN1CCN(C(=O)Cc2ccc(O)cc2)C(c2ccccc2)C1. The molecule has 1 fully saturated rings. The predicted octanol–water partition coefficient (Wildman–Crippen LogP) is 2.45. The number of hydrogen-bond acceptors (Lipinski definition) is 3. The molecule has 1 unspecified atom stereocenters. The lowest BCUT2D eigenvalue weighted by atomic mass is 10.0. The molecule has 0 aliphatic carbocycles. The van der Waals surface area contributed by atoms with Gasteiger partial charge in [0.25, 0.3) is 0 Å². The van der Waals surface area contributed by atoms with Crippen molar-refractivity contribution in [2.45, 2.75) is 12.5 Å². The molecule has 4 nitrogen and oxygen atoms in total. The number of amides is 1. The van der Waals surface area contributed by atoms with Gasteiger partial charge in [-0.2, -0.15) is 0 Å². The highest BCUT2D eigenvalue weighted by molar-refractivity contribution is 5.79. The third-order valence-corrected chi connectivity index (χ3v) is 4.38. The molecular weight excluding hydrogens is 288 g/mol. The van der Waals surface area contributed by atoms with E-state index in [1.165, 1.54) is 5.56 Å². The summed E-state index contributed by atoms with van der Waals surface area (Å²) in [4.78, 5) is 17.0. The molecule has 3 rings (SSSR count). The molecule has 0 aromatic heterocycles. The van der Waals surface area contributed by atoms with E-state index >= 15 is 0 Å². The third-order valence-electron chi connectivity index (χ3n) is 4.38. The smallest absolute Gasteiger partial charge is 0.227 e. The van der Waals surface area contributed by atoms with Crippen molar-refractivity contribution < 1.29 is 9.90 Å². The molecule has 23 heavy (non-hydrogen) atoms. The van der Waals surface area contributed by atoms with Crippen LogP contribution in [0.15, 0.2) is 54.6 Å². The van der Waals surface area contributed by atoms with E-state index in [0.29, 0.717) is 6.42 Å². The largest absolute Gasteiger partial charge is 0.508 e. The summed E-state index contributed by atoms with van der Waals surface area (Å²) in [7, 11) is 2.09. The molecule has 1 atom stereocenters. The fraction of sp³-hybridized carbons (Fsp3) is 0.316. The summed E-state index contributed by atoms with van der Waals surface area (Å²) < 4.78 is 0. The van der Waals surface area contributed by atoms with Crippen molar-refractivity contribution in [2.24, 2.45) is 0 Å². The van der Waals surface area contributed by atoms with Crippen LogP contribution in [0.2, 0.25) is 0 Å². The Bertz CT molecular complexity index is 655. The summed E-state index contributed by atoms with van der Waals surface area (Å²) in [6.45, 7) is 2.49. The molecule has 1 saturated heterocycles. The number of benzene rings is 2. The Balaban J connectivity index is 1.78. The molecule has 0 bridgehead atoms. The van der Waals surface area contributed by atoms with Crippen molar-refractivity contribution in [1.29, 1.82) is 0 Å². The Morgan fingerprint density at radius 2 is 1.78 bits per heavy atom. The summed E-state index contributed by atoms with van der Waals surface area (Å²) in [5.74, 6) is 0.362. The highest BCUT2D eigenvalue weighted by Gasteiger charge is 2.29. The maximum Gasteiger partial charge on any atom is 0.227 e. The van der Waals surface area contributed by atoms with Gasteiger partial charge in [0.2, 0.25) is 5.91 Å². The van der Waals surface area contributed by atoms with Crippen molar-refractivity contribution in [2.75, 3.05) is 26.7 Å². The van der Waals surface area contributed by atoms with Gasteiger partial charge in [0.05, 0.1) is 12.5 Å². The number of hydrogen-bond donors (Lipinski definition) is 1. The lowest BCUT2D eigenvalue weighted by Crippen LogP contribution is -2.49. The molecule has 1 aliphatic heterocycles. The van der Waals surface area contributed by atoms with E-state index in [4.69, 9.17) is 0 Å². The van der Waals surface area contributed by atoms with Crippen LogP contribution in [-0.2, 0) is 11.2 Å². The van der Waals surface area contributed by atoms with Crippen LogP contribution in [0.5, 0.6) is 5.75 Å². The Morgan fingerprint density at radius 1 is 1.09 bits per heavy atom. The number of piperazine rings is 1. The van der Waals surface area contributed by atoms with E-state index in [2.05, 4.69) is 24.1 Å². The average Bonchev–Trinajstić information content (AvgIpc) is 2.57. The zero-order chi connectivity index (χ0) is 16.2. The minimum absolute atomic E-state index is 0.0968. The first kappa shape index (κ1) is 15.6. The molecule has 1 heterocycles. The Morgan fingerprint density at radius 3 is 2.48 bits per heavy atom. The van der Waals surface area contributed by atoms with Gasteiger partial charge in [0, 0.05) is 19.6 Å². The average molecular weight is 310 g/mol. The van der Waals surface area contributed by atoms with E-state index in [-0.39, 0.29) is 17.7 Å². The summed E-state index contributed by atoms with van der Waals surface area (Å²) in [6.07, 6.45) is 0.368. The summed E-state index contributed by atoms with van der Waals surface area (Å²) in [5, 5.41) is 9.36. The maximum atomic E-state index is 12.8. The number of likely N-dealkylation sites (N-methyl/N-ethyl adjacent to an activating group) is 1. The fourth-order valence-electron chi connectivity index (χ4n) is 3.07. The number of phenols is 1. The standard InChI is InChI=1S/C19H22N2O2/c1-20-11-12-21(18(14-20)16-5-3-2-4-6-16)19(23)13-15-7-9-17(22)10-8-15/h2-10,18,22H,11-14H2,1H3.